The van der Waals surface area contributed by atoms with E-state index >= 15 is 0 Å². The molecule has 6 nitrogen and oxygen atoms in total. The van der Waals surface area contributed by atoms with Gasteiger partial charge in [0.15, 0.2) is 6.10 Å². The number of benzene rings is 1. The number of nitrogens with zero attached hydrogens (tertiary/aromatic N) is 2. The first-order valence-electron chi connectivity index (χ1n) is 6.39. The summed E-state index contributed by atoms with van der Waals surface area (Å²) in [5.41, 5.74) is 0.0929. The van der Waals surface area contributed by atoms with Gasteiger partial charge >= 0.3 is 5.97 Å². The lowest BCUT2D eigenvalue weighted by atomic mass is 10.2. The minimum Gasteiger partial charge on any atom is -0.444 e. The maximum absolute atomic E-state index is 12.3. The Kier molecular flexibility index (Phi) is 5.47. The van der Waals surface area contributed by atoms with Gasteiger partial charge in [-0.05, 0) is 39.0 Å². The summed E-state index contributed by atoms with van der Waals surface area (Å²) < 4.78 is 30.8. The predicted molar refractivity (Wildman–Crippen MR) is 77.0 cm³/mol. The first kappa shape index (κ1) is 17.1. The number of sulfonamides is 1. The van der Waals surface area contributed by atoms with E-state index in [1.165, 1.54) is 42.5 Å². The lowest BCUT2D eigenvalue weighted by molar-refractivity contribution is 0.0435. The molecule has 0 saturated carbocycles. The Hall–Kier alpha value is -1.91. The van der Waals surface area contributed by atoms with Crippen LogP contribution in [0.1, 0.15) is 31.1 Å². The Balaban J connectivity index is 3.12. The summed E-state index contributed by atoms with van der Waals surface area (Å²) in [5, 5.41) is 8.62. The molecule has 0 aliphatic heterocycles. The first-order chi connectivity index (χ1) is 9.70. The molecular formula is C14H18N2O4S. The fourth-order valence-corrected chi connectivity index (χ4v) is 2.90. The van der Waals surface area contributed by atoms with Crippen molar-refractivity contribution in [2.24, 2.45) is 0 Å². The van der Waals surface area contributed by atoms with Crippen molar-refractivity contribution in [2.45, 2.75) is 37.8 Å². The molecule has 1 rings (SSSR count). The van der Waals surface area contributed by atoms with Crippen LogP contribution in [0, 0.1) is 11.3 Å². The summed E-state index contributed by atoms with van der Waals surface area (Å²) >= 11 is 0. The van der Waals surface area contributed by atoms with Crippen LogP contribution in [0.5, 0.6) is 0 Å². The molecule has 0 unspecified atom stereocenters. The molecule has 0 amide bonds. The van der Waals surface area contributed by atoms with Gasteiger partial charge in [0, 0.05) is 13.1 Å². The first-order valence-corrected chi connectivity index (χ1v) is 7.83. The molecule has 1 aromatic carbocycles. The second kappa shape index (κ2) is 6.70. The molecular weight excluding hydrogens is 292 g/mol. The van der Waals surface area contributed by atoms with Crippen molar-refractivity contribution in [1.82, 2.24) is 4.31 Å². The van der Waals surface area contributed by atoms with Gasteiger partial charge < -0.3 is 4.74 Å². The lowest BCUT2D eigenvalue weighted by Gasteiger charge is -2.21. The largest absolute Gasteiger partial charge is 0.444 e. The molecule has 1 aromatic rings. The van der Waals surface area contributed by atoms with E-state index in [1.54, 1.807) is 19.9 Å². The number of carbonyl (C=O) groups is 1. The second-order valence-electron chi connectivity index (χ2n) is 4.82. The van der Waals surface area contributed by atoms with Crippen molar-refractivity contribution in [1.29, 1.82) is 5.26 Å². The fraction of sp³-hybridized carbons (Fsp3) is 0.429. The van der Waals surface area contributed by atoms with Gasteiger partial charge in [-0.2, -0.15) is 9.57 Å². The van der Waals surface area contributed by atoms with Gasteiger partial charge in [-0.3, -0.25) is 0 Å². The number of rotatable bonds is 5. The average Bonchev–Trinajstić information content (AvgIpc) is 2.46. The Morgan fingerprint density at radius 1 is 1.33 bits per heavy atom. The predicted octanol–water partition coefficient (Wildman–Crippen LogP) is 1.78. The molecule has 1 atom stereocenters. The summed E-state index contributed by atoms with van der Waals surface area (Å²) in [4.78, 5) is 11.8. The SMILES string of the molecule is CC(C)N(C)S(=O)(=O)c1cccc(C(=O)O[C@H](C)C#N)c1. The molecule has 0 saturated heterocycles. The number of hydrogen-bond donors (Lipinski definition) is 0. The van der Waals surface area contributed by atoms with E-state index in [1.807, 2.05) is 0 Å². The Bertz CT molecular complexity index is 662. The van der Waals surface area contributed by atoms with Crippen molar-refractivity contribution in [3.63, 3.8) is 0 Å². The third-order valence-corrected chi connectivity index (χ3v) is 4.97. The number of hydrogen-bond acceptors (Lipinski definition) is 5. The Morgan fingerprint density at radius 3 is 2.48 bits per heavy atom. The van der Waals surface area contributed by atoms with Crippen molar-refractivity contribution >= 4 is 16.0 Å². The van der Waals surface area contributed by atoms with Gasteiger partial charge in [-0.15, -0.1) is 0 Å². The molecule has 0 radical (unpaired) electrons. The van der Waals surface area contributed by atoms with Crippen LogP contribution in [-0.4, -0.2) is 37.9 Å². The van der Waals surface area contributed by atoms with Gasteiger partial charge in [0.2, 0.25) is 10.0 Å². The van der Waals surface area contributed by atoms with Crippen LogP contribution in [0.4, 0.5) is 0 Å². The van der Waals surface area contributed by atoms with E-state index in [-0.39, 0.29) is 16.5 Å². The van der Waals surface area contributed by atoms with Gasteiger partial charge in [0.25, 0.3) is 0 Å². The van der Waals surface area contributed by atoms with Crippen LogP contribution in [0.3, 0.4) is 0 Å². The second-order valence-corrected chi connectivity index (χ2v) is 6.82. The molecule has 0 heterocycles. The molecule has 0 bridgehead atoms. The van der Waals surface area contributed by atoms with Gasteiger partial charge in [0.1, 0.15) is 6.07 Å². The van der Waals surface area contributed by atoms with E-state index in [2.05, 4.69) is 0 Å². The number of carbonyl (C=O) groups excluding carboxylic acids is 1. The zero-order valence-corrected chi connectivity index (χ0v) is 13.2. The minimum absolute atomic E-state index is 0.0118. The molecule has 21 heavy (non-hydrogen) atoms. The zero-order valence-electron chi connectivity index (χ0n) is 12.4. The summed E-state index contributed by atoms with van der Waals surface area (Å²) in [6, 6.07) is 7.15. The smallest absolute Gasteiger partial charge is 0.339 e. The molecule has 7 heteroatoms. The van der Waals surface area contributed by atoms with E-state index in [0.29, 0.717) is 0 Å². The quantitative estimate of drug-likeness (QED) is 0.774. The highest BCUT2D eigenvalue weighted by Crippen LogP contribution is 2.18. The van der Waals surface area contributed by atoms with E-state index in [9.17, 15) is 13.2 Å². The summed E-state index contributed by atoms with van der Waals surface area (Å²) in [6.45, 7) is 4.94. The van der Waals surface area contributed by atoms with Crippen LogP contribution in [0.2, 0.25) is 0 Å². The summed E-state index contributed by atoms with van der Waals surface area (Å²) in [6.07, 6.45) is -0.892. The highest BCUT2D eigenvalue weighted by Gasteiger charge is 2.24. The van der Waals surface area contributed by atoms with Crippen molar-refractivity contribution in [3.05, 3.63) is 29.8 Å². The molecule has 0 aliphatic rings. The minimum atomic E-state index is -3.67. The van der Waals surface area contributed by atoms with Crippen LogP contribution in [0.25, 0.3) is 0 Å². The normalized spacial score (nSPS) is 13.0. The number of esters is 1. The van der Waals surface area contributed by atoms with Crippen molar-refractivity contribution in [3.8, 4) is 6.07 Å². The van der Waals surface area contributed by atoms with Crippen molar-refractivity contribution < 1.29 is 17.9 Å². The monoisotopic (exact) mass is 310 g/mol. The number of nitriles is 1. The maximum Gasteiger partial charge on any atom is 0.339 e. The van der Waals surface area contributed by atoms with Gasteiger partial charge in [-0.25, -0.2) is 13.2 Å². The summed E-state index contributed by atoms with van der Waals surface area (Å²) in [5.74, 6) is -0.728. The van der Waals surface area contributed by atoms with E-state index < -0.39 is 22.1 Å². The molecule has 0 aliphatic carbocycles. The third kappa shape index (κ3) is 4.03. The Morgan fingerprint density at radius 2 is 1.95 bits per heavy atom. The van der Waals surface area contributed by atoms with Crippen LogP contribution in [-0.2, 0) is 14.8 Å². The van der Waals surface area contributed by atoms with Gasteiger partial charge in [0.05, 0.1) is 10.5 Å². The summed E-state index contributed by atoms with van der Waals surface area (Å²) in [7, 11) is -2.19. The average molecular weight is 310 g/mol. The molecule has 114 valence electrons. The highest BCUT2D eigenvalue weighted by atomic mass is 32.2. The van der Waals surface area contributed by atoms with E-state index in [4.69, 9.17) is 10.00 Å². The standard InChI is InChI=1S/C14H18N2O4S/c1-10(2)16(4)21(18,19)13-7-5-6-12(8-13)14(17)20-11(3)9-15/h5-8,10-11H,1-4H3/t11-/m1/s1. The molecule has 0 fully saturated rings. The van der Waals surface area contributed by atoms with Crippen LogP contribution < -0.4 is 0 Å². The lowest BCUT2D eigenvalue weighted by Crippen LogP contribution is -2.33. The van der Waals surface area contributed by atoms with Crippen LogP contribution >= 0.6 is 0 Å². The zero-order chi connectivity index (χ0) is 16.2. The topological polar surface area (TPSA) is 87.5 Å². The third-order valence-electron chi connectivity index (χ3n) is 2.94. The Labute approximate surface area is 125 Å². The molecule has 0 spiro atoms. The van der Waals surface area contributed by atoms with Crippen LogP contribution in [0.15, 0.2) is 29.2 Å². The van der Waals surface area contributed by atoms with Gasteiger partial charge in [-0.1, -0.05) is 6.07 Å². The number of ether oxygens (including phenoxy) is 1. The maximum atomic E-state index is 12.3. The van der Waals surface area contributed by atoms with E-state index in [0.717, 1.165) is 0 Å². The molecule has 0 aromatic heterocycles. The van der Waals surface area contributed by atoms with Crippen molar-refractivity contribution in [2.75, 3.05) is 7.05 Å². The molecule has 0 N–H and O–H groups in total. The fourth-order valence-electron chi connectivity index (χ4n) is 1.48. The highest BCUT2D eigenvalue weighted by molar-refractivity contribution is 7.89.